The number of aliphatic hydroxyl groups is 1. The predicted molar refractivity (Wildman–Crippen MR) is 134 cm³/mol. The summed E-state index contributed by atoms with van der Waals surface area (Å²) in [5, 5.41) is 9.82. The minimum Gasteiger partial charge on any atom is -0.460 e. The summed E-state index contributed by atoms with van der Waals surface area (Å²) in [6, 6.07) is 3.35. The Bertz CT molecular complexity index is 537. The maximum Gasteiger partial charge on any atom is 0.333 e. The van der Waals surface area contributed by atoms with Gasteiger partial charge < -0.3 is 22.8 Å². The minimum absolute atomic E-state index is 0.0726. The Morgan fingerprint density at radius 1 is 0.967 bits per heavy atom. The van der Waals surface area contributed by atoms with Gasteiger partial charge in [0.05, 0.1) is 6.61 Å². The Hall–Kier alpha value is -0.0825. The van der Waals surface area contributed by atoms with Crippen molar-refractivity contribution in [2.45, 2.75) is 90.0 Å². The summed E-state index contributed by atoms with van der Waals surface area (Å²) in [7, 11) is -5.72. The van der Waals surface area contributed by atoms with Gasteiger partial charge in [-0.15, -0.1) is 0 Å². The fourth-order valence-corrected chi connectivity index (χ4v) is 20.7. The number of ether oxygens (including phenoxy) is 2. The van der Waals surface area contributed by atoms with E-state index < -0.39 is 46.1 Å². The number of carbonyl (C=O) groups is 1. The molecular weight excluding hydrogens is 449 g/mol. The Kier molecular flexibility index (Phi) is 13.4. The second-order valence-electron chi connectivity index (χ2n) is 10.1. The molecule has 0 saturated carbocycles. The quantitative estimate of drug-likeness (QED) is 0.144. The average Bonchev–Trinajstić information content (AvgIpc) is 2.55. The predicted octanol–water partition coefficient (Wildman–Crippen LogP) is 4.77. The van der Waals surface area contributed by atoms with Gasteiger partial charge in [0.1, 0.15) is 12.7 Å². The van der Waals surface area contributed by atoms with Crippen molar-refractivity contribution in [1.29, 1.82) is 0 Å². The van der Waals surface area contributed by atoms with E-state index in [1.807, 2.05) is 0 Å². The second-order valence-corrected chi connectivity index (χ2v) is 25.6. The number of carbonyl (C=O) groups excluding carboxylic acids is 1. The van der Waals surface area contributed by atoms with Gasteiger partial charge in [-0.1, -0.05) is 6.58 Å². The third-order valence-corrected chi connectivity index (χ3v) is 17.7. The molecule has 0 heterocycles. The molecule has 10 heteroatoms. The van der Waals surface area contributed by atoms with E-state index in [9.17, 15) is 9.90 Å². The molecule has 0 aromatic carbocycles. The van der Waals surface area contributed by atoms with E-state index >= 15 is 0 Å². The molecule has 1 atom stereocenters. The minimum atomic E-state index is -1.77. The lowest BCUT2D eigenvalue weighted by molar-refractivity contribution is -0.143. The molecule has 0 spiro atoms. The number of hydrogen-bond donors (Lipinski definition) is 1. The van der Waals surface area contributed by atoms with E-state index in [0.717, 1.165) is 18.5 Å². The van der Waals surface area contributed by atoms with E-state index in [-0.39, 0.29) is 13.2 Å². The molecule has 6 nitrogen and oxygen atoms in total. The first-order chi connectivity index (χ1) is 13.6. The molecule has 0 amide bonds. The van der Waals surface area contributed by atoms with Gasteiger partial charge in [0.15, 0.2) is 34.0 Å². The summed E-state index contributed by atoms with van der Waals surface area (Å²) in [6.45, 7) is 24.0. The smallest absolute Gasteiger partial charge is 0.333 e. The maximum atomic E-state index is 11.3. The van der Waals surface area contributed by atoms with E-state index in [4.69, 9.17) is 17.7 Å². The van der Waals surface area contributed by atoms with Crippen molar-refractivity contribution in [3.63, 3.8) is 0 Å². The van der Waals surface area contributed by atoms with Gasteiger partial charge in [0, 0.05) is 12.2 Å². The Labute approximate surface area is 189 Å². The second kappa shape index (κ2) is 13.5. The maximum absolute atomic E-state index is 11.3. The van der Waals surface area contributed by atoms with Crippen molar-refractivity contribution >= 4 is 40.0 Å². The zero-order valence-corrected chi connectivity index (χ0v) is 24.7. The van der Waals surface area contributed by atoms with Crippen LogP contribution in [0.25, 0.3) is 0 Å². The zero-order chi connectivity index (χ0) is 23.6. The summed E-state index contributed by atoms with van der Waals surface area (Å²) < 4.78 is 23.5. The topological polar surface area (TPSA) is 74.2 Å². The standard InChI is InChI=1S/C20H45O6Si4/c1-18(2)20(22)24-17-19(21)16-23-12-11-13-29(7,8)26-30(9,10)15-14-28(5,6)25-27(3)4/h19,21H,1,11-17H2,2-10H3. The van der Waals surface area contributed by atoms with E-state index in [1.165, 1.54) is 6.04 Å². The summed E-state index contributed by atoms with van der Waals surface area (Å²) >= 11 is 0. The van der Waals surface area contributed by atoms with Crippen LogP contribution < -0.4 is 0 Å². The van der Waals surface area contributed by atoms with Gasteiger partial charge in [-0.25, -0.2) is 4.79 Å². The molecule has 1 unspecified atom stereocenters. The van der Waals surface area contributed by atoms with Gasteiger partial charge in [0.2, 0.25) is 0 Å². The van der Waals surface area contributed by atoms with Gasteiger partial charge in [-0.2, -0.15) is 0 Å². The normalized spacial score (nSPS) is 14.1. The van der Waals surface area contributed by atoms with Crippen LogP contribution in [0.3, 0.4) is 0 Å². The van der Waals surface area contributed by atoms with E-state index in [1.54, 1.807) is 6.92 Å². The number of esters is 1. The van der Waals surface area contributed by atoms with Crippen LogP contribution in [0.1, 0.15) is 13.3 Å². The van der Waals surface area contributed by atoms with Crippen molar-refractivity contribution in [3.05, 3.63) is 12.2 Å². The summed E-state index contributed by atoms with van der Waals surface area (Å²) in [5.41, 5.74) is 0.321. The van der Waals surface area contributed by atoms with Crippen LogP contribution in [0.2, 0.25) is 70.5 Å². The molecule has 177 valence electrons. The lowest BCUT2D eigenvalue weighted by Gasteiger charge is -2.36. The fraction of sp³-hybridized carbons (Fsp3) is 0.850. The summed E-state index contributed by atoms with van der Waals surface area (Å²) in [5.74, 6) is -0.492. The molecule has 30 heavy (non-hydrogen) atoms. The highest BCUT2D eigenvalue weighted by atomic mass is 28.4. The molecule has 0 saturated heterocycles. The van der Waals surface area contributed by atoms with Crippen LogP contribution in [0.4, 0.5) is 0 Å². The van der Waals surface area contributed by atoms with Crippen molar-refractivity contribution < 1.29 is 27.6 Å². The fourth-order valence-electron chi connectivity index (χ4n) is 3.22. The van der Waals surface area contributed by atoms with Crippen LogP contribution in [0, 0.1) is 0 Å². The van der Waals surface area contributed by atoms with Crippen molar-refractivity contribution in [2.75, 3.05) is 19.8 Å². The largest absolute Gasteiger partial charge is 0.460 e. The SMILES string of the molecule is C=C(C)C(=O)OCC(O)COCCC[Si](C)(C)O[Si](C)(C)CC[Si](C)(C)O[Si](C)C. The molecule has 0 fully saturated rings. The van der Waals surface area contributed by atoms with Crippen molar-refractivity contribution in [1.82, 2.24) is 0 Å². The molecule has 0 aliphatic heterocycles. The molecule has 0 aromatic heterocycles. The Morgan fingerprint density at radius 2 is 1.50 bits per heavy atom. The lowest BCUT2D eigenvalue weighted by Crippen LogP contribution is -2.46. The van der Waals surface area contributed by atoms with Crippen LogP contribution in [-0.2, 0) is 22.5 Å². The summed E-state index contributed by atoms with van der Waals surface area (Å²) in [4.78, 5) is 11.3. The third kappa shape index (κ3) is 15.7. The monoisotopic (exact) mass is 493 g/mol. The first kappa shape index (κ1) is 29.9. The molecule has 1 radical (unpaired) electrons. The molecule has 0 rings (SSSR count). The highest BCUT2D eigenvalue weighted by Gasteiger charge is 2.35. The Balaban J connectivity index is 4.18. The number of aliphatic hydroxyl groups excluding tert-OH is 1. The first-order valence-electron chi connectivity index (χ1n) is 10.8. The van der Waals surface area contributed by atoms with E-state index in [0.29, 0.717) is 12.2 Å². The lowest BCUT2D eigenvalue weighted by atomic mass is 10.3. The van der Waals surface area contributed by atoms with Crippen LogP contribution in [0.15, 0.2) is 12.2 Å². The molecule has 0 bridgehead atoms. The molecular formula is C20H45O6Si4. The summed E-state index contributed by atoms with van der Waals surface area (Å²) in [6.07, 6.45) is 0.0898. The van der Waals surface area contributed by atoms with Crippen LogP contribution in [-0.4, -0.2) is 71.0 Å². The highest BCUT2D eigenvalue weighted by Crippen LogP contribution is 2.27. The van der Waals surface area contributed by atoms with Gasteiger partial charge in [0.25, 0.3) is 0 Å². The first-order valence-corrected chi connectivity index (χ1v) is 22.6. The highest BCUT2D eigenvalue weighted by molar-refractivity contribution is 6.86. The van der Waals surface area contributed by atoms with Crippen molar-refractivity contribution in [3.8, 4) is 0 Å². The van der Waals surface area contributed by atoms with Gasteiger partial charge in [-0.05, 0) is 83.9 Å². The third-order valence-electron chi connectivity index (χ3n) is 4.50. The molecule has 0 aromatic rings. The molecule has 1 N–H and O–H groups in total. The van der Waals surface area contributed by atoms with Crippen LogP contribution >= 0.6 is 0 Å². The average molecular weight is 494 g/mol. The van der Waals surface area contributed by atoms with Crippen LogP contribution in [0.5, 0.6) is 0 Å². The number of hydrogen-bond acceptors (Lipinski definition) is 6. The number of rotatable bonds is 16. The molecule has 0 aliphatic carbocycles. The van der Waals surface area contributed by atoms with Gasteiger partial charge in [-0.3, -0.25) is 0 Å². The van der Waals surface area contributed by atoms with E-state index in [2.05, 4.69) is 59.0 Å². The zero-order valence-electron chi connectivity index (χ0n) is 20.7. The van der Waals surface area contributed by atoms with Gasteiger partial charge >= 0.3 is 5.97 Å². The molecule has 0 aliphatic rings. The Morgan fingerprint density at radius 3 is 2.03 bits per heavy atom. The van der Waals surface area contributed by atoms with Crippen molar-refractivity contribution in [2.24, 2.45) is 0 Å².